The minimum atomic E-state index is 0.724. The first-order chi connectivity index (χ1) is 7.27. The summed E-state index contributed by atoms with van der Waals surface area (Å²) in [6.45, 7) is 9.70. The van der Waals surface area contributed by atoms with E-state index in [0.29, 0.717) is 0 Å². The number of hydrogen-bond acceptors (Lipinski definition) is 1. The highest BCUT2D eigenvalue weighted by molar-refractivity contribution is 5.49. The normalized spacial score (nSPS) is 19.7. The van der Waals surface area contributed by atoms with E-state index < -0.39 is 0 Å². The van der Waals surface area contributed by atoms with E-state index >= 15 is 0 Å². The summed E-state index contributed by atoms with van der Waals surface area (Å²) in [6, 6.07) is 9.53. The number of anilines is 1. The van der Waals surface area contributed by atoms with Gasteiger partial charge in [0.2, 0.25) is 0 Å². The maximum atomic E-state index is 2.51. The topological polar surface area (TPSA) is 3.24 Å². The average Bonchev–Trinajstić information content (AvgIpc) is 2.67. The quantitative estimate of drug-likeness (QED) is 0.669. The zero-order chi connectivity index (χ0) is 11.3. The molecule has 1 aromatic rings. The van der Waals surface area contributed by atoms with Crippen molar-refractivity contribution < 1.29 is 0 Å². The second kappa shape index (κ2) is 5.79. The van der Waals surface area contributed by atoms with Gasteiger partial charge in [0, 0.05) is 18.3 Å². The molecule has 1 heterocycles. The van der Waals surface area contributed by atoms with Crippen molar-refractivity contribution in [2.45, 2.75) is 46.6 Å². The minimum Gasteiger partial charge on any atom is -0.369 e. The molecule has 0 amide bonds. The highest BCUT2D eigenvalue weighted by atomic mass is 15.2. The summed E-state index contributed by atoms with van der Waals surface area (Å²) < 4.78 is 0. The van der Waals surface area contributed by atoms with Gasteiger partial charge in [-0.2, -0.15) is 0 Å². The Morgan fingerprint density at radius 1 is 1.27 bits per heavy atom. The molecule has 1 aromatic carbocycles. The van der Waals surface area contributed by atoms with Crippen molar-refractivity contribution in [2.24, 2.45) is 0 Å². The molecule has 0 N–H and O–H groups in total. The molecule has 0 radical (unpaired) electrons. The van der Waals surface area contributed by atoms with Crippen LogP contribution in [0.3, 0.4) is 0 Å². The Labute approximate surface area is 94.1 Å². The first-order valence-corrected chi connectivity index (χ1v) is 6.10. The van der Waals surface area contributed by atoms with E-state index in [-0.39, 0.29) is 0 Å². The Kier molecular flexibility index (Phi) is 4.67. The Hall–Kier alpha value is -0.980. The molecule has 1 saturated heterocycles. The van der Waals surface area contributed by atoms with Crippen molar-refractivity contribution in [3.8, 4) is 0 Å². The predicted octanol–water partition coefficient (Wildman–Crippen LogP) is 4.01. The Balaban J connectivity index is 0.000000531. The molecular weight excluding hydrogens is 182 g/mol. The fraction of sp³-hybridized carbons (Fsp3) is 0.571. The van der Waals surface area contributed by atoms with Gasteiger partial charge in [-0.3, -0.25) is 0 Å². The highest BCUT2D eigenvalue weighted by Gasteiger charge is 2.19. The fourth-order valence-electron chi connectivity index (χ4n) is 2.12. The van der Waals surface area contributed by atoms with Crippen LogP contribution < -0.4 is 4.90 Å². The molecule has 1 unspecified atom stereocenters. The molecule has 1 atom stereocenters. The molecule has 1 heteroatoms. The smallest absolute Gasteiger partial charge is 0.0371 e. The zero-order valence-corrected chi connectivity index (χ0v) is 10.5. The van der Waals surface area contributed by atoms with E-state index in [0.717, 1.165) is 6.04 Å². The van der Waals surface area contributed by atoms with Gasteiger partial charge in [-0.15, -0.1) is 0 Å². The van der Waals surface area contributed by atoms with Crippen LogP contribution in [0.5, 0.6) is 0 Å². The molecule has 84 valence electrons. The van der Waals surface area contributed by atoms with Gasteiger partial charge in [0.25, 0.3) is 0 Å². The third kappa shape index (κ3) is 2.98. The van der Waals surface area contributed by atoms with E-state index in [1.165, 1.54) is 30.6 Å². The lowest BCUT2D eigenvalue weighted by Crippen LogP contribution is -2.26. The molecule has 1 nitrogen and oxygen atoms in total. The van der Waals surface area contributed by atoms with E-state index in [1.807, 2.05) is 13.8 Å². The minimum absolute atomic E-state index is 0.724. The number of aryl methyl sites for hydroxylation is 1. The van der Waals surface area contributed by atoms with Crippen LogP contribution in [0.4, 0.5) is 5.69 Å². The summed E-state index contributed by atoms with van der Waals surface area (Å²) in [5.74, 6) is 0. The van der Waals surface area contributed by atoms with E-state index in [4.69, 9.17) is 0 Å². The summed E-state index contributed by atoms with van der Waals surface area (Å²) in [5.41, 5.74) is 2.75. The average molecular weight is 205 g/mol. The molecular formula is C14H23N. The number of rotatable bonds is 1. The van der Waals surface area contributed by atoms with E-state index in [1.54, 1.807) is 0 Å². The molecule has 0 aromatic heterocycles. The number of nitrogens with zero attached hydrogens (tertiary/aromatic N) is 1. The Morgan fingerprint density at radius 2 is 2.00 bits per heavy atom. The molecule has 0 bridgehead atoms. The Morgan fingerprint density at radius 3 is 2.53 bits per heavy atom. The summed E-state index contributed by atoms with van der Waals surface area (Å²) >= 11 is 0. The monoisotopic (exact) mass is 205 g/mol. The predicted molar refractivity (Wildman–Crippen MR) is 68.6 cm³/mol. The van der Waals surface area contributed by atoms with Crippen LogP contribution in [-0.4, -0.2) is 12.6 Å². The first kappa shape index (κ1) is 12.1. The van der Waals surface area contributed by atoms with Crippen molar-refractivity contribution in [3.05, 3.63) is 29.8 Å². The Bertz CT molecular complexity index is 293. The molecule has 1 aliphatic heterocycles. The van der Waals surface area contributed by atoms with Crippen molar-refractivity contribution in [2.75, 3.05) is 11.4 Å². The number of hydrogen-bond donors (Lipinski definition) is 0. The summed E-state index contributed by atoms with van der Waals surface area (Å²) in [7, 11) is 0. The summed E-state index contributed by atoms with van der Waals surface area (Å²) in [6.07, 6.45) is 2.68. The van der Waals surface area contributed by atoms with Crippen molar-refractivity contribution in [1.82, 2.24) is 0 Å². The first-order valence-electron chi connectivity index (χ1n) is 6.10. The largest absolute Gasteiger partial charge is 0.369 e. The van der Waals surface area contributed by atoms with Crippen LogP contribution >= 0.6 is 0 Å². The van der Waals surface area contributed by atoms with Gasteiger partial charge in [-0.1, -0.05) is 26.0 Å². The van der Waals surface area contributed by atoms with E-state index in [2.05, 4.69) is 43.0 Å². The van der Waals surface area contributed by atoms with Crippen molar-refractivity contribution in [1.29, 1.82) is 0 Å². The SMILES string of the molecule is CC.Cc1cccc(N2CCCC2C)c1. The molecule has 0 spiro atoms. The summed E-state index contributed by atoms with van der Waals surface area (Å²) in [4.78, 5) is 2.51. The molecule has 0 saturated carbocycles. The van der Waals surface area contributed by atoms with Crippen LogP contribution in [0.15, 0.2) is 24.3 Å². The third-order valence-electron chi connectivity index (χ3n) is 2.89. The second-order valence-electron chi connectivity index (χ2n) is 4.02. The van der Waals surface area contributed by atoms with Gasteiger partial charge in [-0.05, 0) is 44.4 Å². The lowest BCUT2D eigenvalue weighted by Gasteiger charge is -2.23. The van der Waals surface area contributed by atoms with Gasteiger partial charge < -0.3 is 4.90 Å². The molecule has 1 fully saturated rings. The van der Waals surface area contributed by atoms with Gasteiger partial charge in [-0.25, -0.2) is 0 Å². The number of benzene rings is 1. The zero-order valence-electron chi connectivity index (χ0n) is 10.5. The molecule has 1 aliphatic rings. The lowest BCUT2D eigenvalue weighted by molar-refractivity contribution is 0.735. The van der Waals surface area contributed by atoms with E-state index in [9.17, 15) is 0 Å². The summed E-state index contributed by atoms with van der Waals surface area (Å²) in [5, 5.41) is 0. The third-order valence-corrected chi connectivity index (χ3v) is 2.89. The molecule has 15 heavy (non-hydrogen) atoms. The van der Waals surface area contributed by atoms with Crippen LogP contribution in [0.2, 0.25) is 0 Å². The lowest BCUT2D eigenvalue weighted by atomic mass is 10.2. The maximum absolute atomic E-state index is 2.51. The highest BCUT2D eigenvalue weighted by Crippen LogP contribution is 2.25. The van der Waals surface area contributed by atoms with Gasteiger partial charge in [0.05, 0.1) is 0 Å². The van der Waals surface area contributed by atoms with Gasteiger partial charge in [0.1, 0.15) is 0 Å². The van der Waals surface area contributed by atoms with Crippen LogP contribution in [0.1, 0.15) is 39.2 Å². The van der Waals surface area contributed by atoms with Gasteiger partial charge in [0.15, 0.2) is 0 Å². The van der Waals surface area contributed by atoms with Crippen LogP contribution in [0.25, 0.3) is 0 Å². The second-order valence-corrected chi connectivity index (χ2v) is 4.02. The standard InChI is InChI=1S/C12H17N.C2H6/c1-10-5-3-7-12(9-10)13-8-4-6-11(13)2;1-2/h3,5,7,9,11H,4,6,8H2,1-2H3;1-2H3. The van der Waals surface area contributed by atoms with Crippen LogP contribution in [0, 0.1) is 6.92 Å². The fourth-order valence-corrected chi connectivity index (χ4v) is 2.12. The van der Waals surface area contributed by atoms with Crippen LogP contribution in [-0.2, 0) is 0 Å². The molecule has 2 rings (SSSR count). The van der Waals surface area contributed by atoms with Gasteiger partial charge >= 0.3 is 0 Å². The molecule has 0 aliphatic carbocycles. The maximum Gasteiger partial charge on any atom is 0.0371 e. The van der Waals surface area contributed by atoms with Crippen molar-refractivity contribution in [3.63, 3.8) is 0 Å². The van der Waals surface area contributed by atoms with Crippen molar-refractivity contribution >= 4 is 5.69 Å².